The van der Waals surface area contributed by atoms with Crippen LogP contribution in [-0.2, 0) is 6.54 Å². The second-order valence-corrected chi connectivity index (χ2v) is 7.76. The van der Waals surface area contributed by atoms with E-state index in [4.69, 9.17) is 0 Å². The molecule has 0 unspecified atom stereocenters. The molecule has 0 spiro atoms. The third kappa shape index (κ3) is 5.04. The molecule has 30 heavy (non-hydrogen) atoms. The number of hydrogen-bond acceptors (Lipinski definition) is 3. The Hall–Kier alpha value is -3.19. The Bertz CT molecular complexity index is 1110. The molecule has 0 radical (unpaired) electrons. The van der Waals surface area contributed by atoms with E-state index in [1.807, 2.05) is 51.0 Å². The number of rotatable bonds is 6. The Morgan fingerprint density at radius 3 is 2.43 bits per heavy atom. The van der Waals surface area contributed by atoms with Gasteiger partial charge in [0.25, 0.3) is 5.56 Å². The zero-order chi connectivity index (χ0) is 21.8. The predicted molar refractivity (Wildman–Crippen MR) is 118 cm³/mol. The summed E-state index contributed by atoms with van der Waals surface area (Å²) < 4.78 is 13.1. The molecule has 0 saturated heterocycles. The zero-order valence-corrected chi connectivity index (χ0v) is 17.8. The molecule has 3 rings (SSSR count). The van der Waals surface area contributed by atoms with Crippen LogP contribution in [0.15, 0.2) is 47.3 Å². The number of halogens is 1. The van der Waals surface area contributed by atoms with Crippen molar-refractivity contribution in [2.24, 2.45) is 0 Å². The molecule has 0 atom stereocenters. The van der Waals surface area contributed by atoms with Crippen LogP contribution in [0.1, 0.15) is 16.7 Å². The van der Waals surface area contributed by atoms with Gasteiger partial charge in [0.1, 0.15) is 5.82 Å². The lowest BCUT2D eigenvalue weighted by Gasteiger charge is -2.25. The maximum Gasteiger partial charge on any atom is 0.322 e. The molecule has 0 saturated carbocycles. The summed E-state index contributed by atoms with van der Waals surface area (Å²) in [4.78, 5) is 32.1. The molecule has 3 aromatic rings. The highest BCUT2D eigenvalue weighted by molar-refractivity contribution is 5.89. The van der Waals surface area contributed by atoms with E-state index in [0.717, 1.165) is 22.0 Å². The molecule has 0 aliphatic carbocycles. The predicted octanol–water partition coefficient (Wildman–Crippen LogP) is 3.88. The highest BCUT2D eigenvalue weighted by Crippen LogP contribution is 2.19. The van der Waals surface area contributed by atoms with Crippen molar-refractivity contribution in [3.8, 4) is 0 Å². The molecular formula is C23H27FN4O2. The number of nitrogens with zero attached hydrogens (tertiary/aromatic N) is 2. The lowest BCUT2D eigenvalue weighted by Crippen LogP contribution is -2.40. The fourth-order valence-corrected chi connectivity index (χ4v) is 3.20. The first-order valence-electron chi connectivity index (χ1n) is 9.83. The Kier molecular flexibility index (Phi) is 6.52. The molecule has 0 aliphatic heterocycles. The van der Waals surface area contributed by atoms with E-state index in [2.05, 4.69) is 10.3 Å². The number of fused-ring (bicyclic) bond motifs is 1. The highest BCUT2D eigenvalue weighted by atomic mass is 19.1. The molecule has 1 aromatic heterocycles. The minimum Gasteiger partial charge on any atom is -0.321 e. The number of pyridine rings is 1. The van der Waals surface area contributed by atoms with Crippen LogP contribution < -0.4 is 10.9 Å². The van der Waals surface area contributed by atoms with Gasteiger partial charge in [-0.15, -0.1) is 0 Å². The van der Waals surface area contributed by atoms with E-state index >= 15 is 0 Å². The van der Waals surface area contributed by atoms with Crippen molar-refractivity contribution < 1.29 is 9.18 Å². The van der Waals surface area contributed by atoms with E-state index in [1.54, 1.807) is 4.90 Å². The number of hydrogen-bond donors (Lipinski definition) is 2. The minimum absolute atomic E-state index is 0.166. The monoisotopic (exact) mass is 410 g/mol. The molecule has 2 N–H and O–H groups in total. The first-order valence-corrected chi connectivity index (χ1v) is 9.83. The van der Waals surface area contributed by atoms with Crippen LogP contribution in [0.3, 0.4) is 0 Å². The number of nitrogens with one attached hydrogen (secondary N) is 2. The number of aromatic nitrogens is 1. The molecule has 2 aromatic carbocycles. The van der Waals surface area contributed by atoms with E-state index in [0.29, 0.717) is 24.3 Å². The number of aromatic amines is 1. The summed E-state index contributed by atoms with van der Waals surface area (Å²) in [5.74, 6) is -0.370. The van der Waals surface area contributed by atoms with Crippen LogP contribution in [-0.4, -0.2) is 48.0 Å². The van der Waals surface area contributed by atoms with Crippen molar-refractivity contribution in [1.82, 2.24) is 14.8 Å². The number of carbonyl (C=O) groups excluding carboxylic acids is 1. The largest absolute Gasteiger partial charge is 0.322 e. The molecule has 6 nitrogen and oxygen atoms in total. The first-order chi connectivity index (χ1) is 14.2. The fraction of sp³-hybridized carbons (Fsp3) is 0.304. The van der Waals surface area contributed by atoms with Gasteiger partial charge >= 0.3 is 6.03 Å². The number of amides is 2. The number of carbonyl (C=O) groups is 1. The summed E-state index contributed by atoms with van der Waals surface area (Å²) >= 11 is 0. The van der Waals surface area contributed by atoms with Gasteiger partial charge in [-0.3, -0.25) is 4.79 Å². The lowest BCUT2D eigenvalue weighted by atomic mass is 10.0. The van der Waals surface area contributed by atoms with Gasteiger partial charge in [0.2, 0.25) is 0 Å². The van der Waals surface area contributed by atoms with Crippen molar-refractivity contribution in [2.45, 2.75) is 20.4 Å². The van der Waals surface area contributed by atoms with Crippen LogP contribution in [0.25, 0.3) is 10.9 Å². The quantitative estimate of drug-likeness (QED) is 0.648. The summed E-state index contributed by atoms with van der Waals surface area (Å²) in [6.07, 6.45) is 0. The maximum absolute atomic E-state index is 13.1. The van der Waals surface area contributed by atoms with Crippen molar-refractivity contribution in [1.29, 1.82) is 0 Å². The Morgan fingerprint density at radius 1 is 1.07 bits per heavy atom. The minimum atomic E-state index is -0.370. The average molecular weight is 410 g/mol. The van der Waals surface area contributed by atoms with Crippen LogP contribution in [0.4, 0.5) is 14.9 Å². The lowest BCUT2D eigenvalue weighted by molar-refractivity contribution is 0.202. The standard InChI is InChI=1S/C23H27FN4O2/c1-15-5-6-17-13-18(22(29)26-21(17)16(15)2)14-28(12-11-27(3)4)23(30)25-20-9-7-19(24)8-10-20/h5-10,13H,11-12,14H2,1-4H3,(H,25,30)(H,26,29). The van der Waals surface area contributed by atoms with E-state index in [1.165, 1.54) is 24.3 Å². The molecule has 1 heterocycles. The van der Waals surface area contributed by atoms with Crippen molar-refractivity contribution >= 4 is 22.6 Å². The summed E-state index contributed by atoms with van der Waals surface area (Å²) in [7, 11) is 3.84. The van der Waals surface area contributed by atoms with Crippen LogP contribution in [0.5, 0.6) is 0 Å². The van der Waals surface area contributed by atoms with Gasteiger partial charge in [-0.2, -0.15) is 0 Å². The average Bonchev–Trinajstić information content (AvgIpc) is 2.70. The van der Waals surface area contributed by atoms with E-state index < -0.39 is 0 Å². The fourth-order valence-electron chi connectivity index (χ4n) is 3.20. The van der Waals surface area contributed by atoms with Crippen molar-refractivity contribution in [2.75, 3.05) is 32.5 Å². The van der Waals surface area contributed by atoms with Crippen LogP contribution in [0.2, 0.25) is 0 Å². The van der Waals surface area contributed by atoms with Gasteiger partial charge < -0.3 is 20.1 Å². The first kappa shape index (κ1) is 21.5. The van der Waals surface area contributed by atoms with Gasteiger partial charge in [0.15, 0.2) is 0 Å². The molecule has 0 bridgehead atoms. The van der Waals surface area contributed by atoms with Crippen molar-refractivity contribution in [3.05, 3.63) is 75.3 Å². The SMILES string of the molecule is Cc1ccc2cc(CN(CCN(C)C)C(=O)Nc3ccc(F)cc3)c(=O)[nH]c2c1C. The normalized spacial score (nSPS) is 11.1. The van der Waals surface area contributed by atoms with Gasteiger partial charge in [0, 0.05) is 24.3 Å². The third-order valence-electron chi connectivity index (χ3n) is 5.19. The third-order valence-corrected chi connectivity index (χ3v) is 5.19. The Labute approximate surface area is 175 Å². The van der Waals surface area contributed by atoms with Crippen molar-refractivity contribution in [3.63, 3.8) is 0 Å². The number of aryl methyl sites for hydroxylation is 2. The topological polar surface area (TPSA) is 68.4 Å². The van der Waals surface area contributed by atoms with Gasteiger partial charge in [-0.1, -0.05) is 12.1 Å². The summed E-state index contributed by atoms with van der Waals surface area (Å²) in [6, 6.07) is 11.1. The molecular weight excluding hydrogens is 383 g/mol. The second kappa shape index (κ2) is 9.09. The molecule has 0 fully saturated rings. The van der Waals surface area contributed by atoms with E-state index in [-0.39, 0.29) is 24.0 Å². The van der Waals surface area contributed by atoms with Gasteiger partial charge in [0.05, 0.1) is 12.1 Å². The van der Waals surface area contributed by atoms with E-state index in [9.17, 15) is 14.0 Å². The zero-order valence-electron chi connectivity index (χ0n) is 17.8. The molecule has 7 heteroatoms. The Morgan fingerprint density at radius 2 is 1.77 bits per heavy atom. The molecule has 158 valence electrons. The number of benzene rings is 2. The summed E-state index contributed by atoms with van der Waals surface area (Å²) in [5.41, 5.74) is 3.76. The number of H-pyrrole nitrogens is 1. The maximum atomic E-state index is 13.1. The second-order valence-electron chi connectivity index (χ2n) is 7.76. The molecule has 0 aliphatic rings. The van der Waals surface area contributed by atoms with Crippen LogP contribution in [0, 0.1) is 19.7 Å². The van der Waals surface area contributed by atoms with Gasteiger partial charge in [-0.25, -0.2) is 9.18 Å². The summed E-state index contributed by atoms with van der Waals surface area (Å²) in [6.45, 7) is 5.22. The number of likely N-dealkylation sites (N-methyl/N-ethyl adjacent to an activating group) is 1. The Balaban J connectivity index is 1.87. The van der Waals surface area contributed by atoms with Gasteiger partial charge in [-0.05, 0) is 74.8 Å². The number of urea groups is 1. The van der Waals surface area contributed by atoms with Crippen LogP contribution >= 0.6 is 0 Å². The number of anilines is 1. The highest BCUT2D eigenvalue weighted by Gasteiger charge is 2.17. The smallest absolute Gasteiger partial charge is 0.321 e. The summed E-state index contributed by atoms with van der Waals surface area (Å²) in [5, 5.41) is 3.71. The molecule has 2 amide bonds.